The summed E-state index contributed by atoms with van der Waals surface area (Å²) in [4.78, 5) is 19.7. The number of hydrogen-bond acceptors (Lipinski definition) is 3. The molecule has 160 valence electrons. The van der Waals surface area contributed by atoms with Crippen molar-refractivity contribution in [2.24, 2.45) is 5.92 Å². The molecule has 1 unspecified atom stereocenters. The van der Waals surface area contributed by atoms with Crippen molar-refractivity contribution >= 4 is 17.0 Å². The normalized spacial score (nSPS) is 32.4. The van der Waals surface area contributed by atoms with Crippen molar-refractivity contribution in [2.45, 2.75) is 62.6 Å². The van der Waals surface area contributed by atoms with Crippen molar-refractivity contribution in [3.63, 3.8) is 0 Å². The molecule has 0 amide bonds. The van der Waals surface area contributed by atoms with Crippen molar-refractivity contribution in [3.05, 3.63) is 66.0 Å². The fourth-order valence-corrected chi connectivity index (χ4v) is 6.66. The summed E-state index contributed by atoms with van der Waals surface area (Å²) < 4.78 is 2.46. The molecule has 3 aromatic rings. The maximum absolute atomic E-state index is 12.3. The average Bonchev–Trinajstić information content (AvgIpc) is 3.34. The summed E-state index contributed by atoms with van der Waals surface area (Å²) in [6.07, 6.45) is 5.48. The third-order valence-corrected chi connectivity index (χ3v) is 8.20. The van der Waals surface area contributed by atoms with Gasteiger partial charge in [0.05, 0.1) is 16.4 Å². The van der Waals surface area contributed by atoms with Gasteiger partial charge in [-0.3, -0.25) is 9.69 Å². The Morgan fingerprint density at radius 3 is 2.42 bits per heavy atom. The molecule has 5 heteroatoms. The lowest BCUT2D eigenvalue weighted by Gasteiger charge is -2.40. The molecule has 0 spiro atoms. The SMILES string of the molecule is Cc1nc2ccccc2n1C1C[C@H]2CC[C@@H](C1)N2C[C@@H]1C[C@@]1(C(=O)O)c1ccccc1. The van der Waals surface area contributed by atoms with Gasteiger partial charge in [0.2, 0.25) is 0 Å². The zero-order valence-electron chi connectivity index (χ0n) is 17.9. The number of imidazole rings is 1. The molecule has 1 aromatic heterocycles. The van der Waals surface area contributed by atoms with E-state index in [2.05, 4.69) is 40.7 Å². The predicted molar refractivity (Wildman–Crippen MR) is 120 cm³/mol. The van der Waals surface area contributed by atoms with E-state index in [0.717, 1.165) is 42.7 Å². The van der Waals surface area contributed by atoms with E-state index in [4.69, 9.17) is 4.98 Å². The first kappa shape index (κ1) is 19.1. The molecule has 31 heavy (non-hydrogen) atoms. The molecule has 5 nitrogen and oxygen atoms in total. The Kier molecular flexibility index (Phi) is 4.26. The molecule has 3 fully saturated rings. The van der Waals surface area contributed by atoms with E-state index in [-0.39, 0.29) is 5.92 Å². The van der Waals surface area contributed by atoms with Gasteiger partial charge in [-0.25, -0.2) is 4.98 Å². The van der Waals surface area contributed by atoms with Crippen molar-refractivity contribution in [2.75, 3.05) is 6.54 Å². The number of carboxylic acid groups (broad SMARTS) is 1. The first-order valence-electron chi connectivity index (χ1n) is 11.6. The smallest absolute Gasteiger partial charge is 0.314 e. The molecule has 6 rings (SSSR count). The summed E-state index contributed by atoms with van der Waals surface area (Å²) in [5.74, 6) is 0.657. The van der Waals surface area contributed by atoms with Crippen LogP contribution in [0.15, 0.2) is 54.6 Å². The van der Waals surface area contributed by atoms with Gasteiger partial charge in [0.1, 0.15) is 5.82 Å². The molecule has 3 aliphatic rings. The molecule has 1 N–H and O–H groups in total. The lowest BCUT2D eigenvalue weighted by atomic mass is 9.91. The van der Waals surface area contributed by atoms with Gasteiger partial charge in [0, 0.05) is 24.7 Å². The van der Waals surface area contributed by atoms with Crippen molar-refractivity contribution in [3.8, 4) is 0 Å². The maximum Gasteiger partial charge on any atom is 0.314 e. The van der Waals surface area contributed by atoms with Gasteiger partial charge < -0.3 is 9.67 Å². The third-order valence-electron chi connectivity index (χ3n) is 8.20. The molecule has 2 saturated heterocycles. The number of piperidine rings is 1. The molecular formula is C26H29N3O2. The molecule has 5 atom stereocenters. The van der Waals surface area contributed by atoms with Gasteiger partial charge in [-0.05, 0) is 62.6 Å². The number of carboxylic acids is 1. The van der Waals surface area contributed by atoms with E-state index in [1.807, 2.05) is 30.3 Å². The van der Waals surface area contributed by atoms with E-state index >= 15 is 0 Å². The summed E-state index contributed by atoms with van der Waals surface area (Å²) in [7, 11) is 0. The fourth-order valence-electron chi connectivity index (χ4n) is 6.66. The van der Waals surface area contributed by atoms with Crippen LogP contribution in [0.3, 0.4) is 0 Å². The van der Waals surface area contributed by atoms with E-state index in [0.29, 0.717) is 18.1 Å². The third kappa shape index (κ3) is 2.86. The van der Waals surface area contributed by atoms with Crippen LogP contribution in [0.5, 0.6) is 0 Å². The lowest BCUT2D eigenvalue weighted by Crippen LogP contribution is -2.45. The highest BCUT2D eigenvalue weighted by atomic mass is 16.4. The van der Waals surface area contributed by atoms with Crippen LogP contribution in [-0.4, -0.2) is 44.2 Å². The van der Waals surface area contributed by atoms with Crippen LogP contribution >= 0.6 is 0 Å². The molecule has 1 saturated carbocycles. The number of aliphatic carboxylic acids is 1. The monoisotopic (exact) mass is 415 g/mol. The summed E-state index contributed by atoms with van der Waals surface area (Å²) in [5.41, 5.74) is 2.61. The minimum atomic E-state index is -0.686. The average molecular weight is 416 g/mol. The first-order chi connectivity index (χ1) is 15.1. The number of fused-ring (bicyclic) bond motifs is 3. The highest BCUT2D eigenvalue weighted by Gasteiger charge is 2.62. The summed E-state index contributed by atoms with van der Waals surface area (Å²) in [6, 6.07) is 19.9. The van der Waals surface area contributed by atoms with Crippen LogP contribution in [0, 0.1) is 12.8 Å². The molecule has 2 aromatic carbocycles. The summed E-state index contributed by atoms with van der Waals surface area (Å²) in [6.45, 7) is 3.03. The minimum absolute atomic E-state index is 0.211. The Hall–Kier alpha value is -2.66. The highest BCUT2D eigenvalue weighted by molar-refractivity contribution is 5.86. The van der Waals surface area contributed by atoms with Gasteiger partial charge >= 0.3 is 5.97 Å². The number of nitrogens with zero attached hydrogens (tertiary/aromatic N) is 3. The standard InChI is InChI=1S/C26H29N3O2/c1-17-27-23-9-5-6-10-24(23)29(17)22-13-20-11-12-21(14-22)28(20)16-19-15-26(19,25(30)31)18-7-3-2-4-8-18/h2-10,19-22H,11-16H2,1H3,(H,30,31)/t19-,20-,21+,22?,26+/m0/s1. The van der Waals surface area contributed by atoms with E-state index < -0.39 is 11.4 Å². The van der Waals surface area contributed by atoms with Gasteiger partial charge in [-0.2, -0.15) is 0 Å². The van der Waals surface area contributed by atoms with Gasteiger partial charge in [-0.15, -0.1) is 0 Å². The second-order valence-corrected chi connectivity index (χ2v) is 9.77. The van der Waals surface area contributed by atoms with E-state index in [9.17, 15) is 9.90 Å². The molecule has 3 heterocycles. The Labute approximate surface area is 182 Å². The molecule has 2 aliphatic heterocycles. The Bertz CT molecular complexity index is 1130. The number of rotatable bonds is 5. The Morgan fingerprint density at radius 1 is 1.03 bits per heavy atom. The number of aryl methyl sites for hydroxylation is 1. The maximum atomic E-state index is 12.3. The largest absolute Gasteiger partial charge is 0.481 e. The van der Waals surface area contributed by atoms with Gasteiger partial charge in [0.15, 0.2) is 0 Å². The zero-order chi connectivity index (χ0) is 21.2. The van der Waals surface area contributed by atoms with Crippen LogP contribution in [0.2, 0.25) is 0 Å². The minimum Gasteiger partial charge on any atom is -0.481 e. The van der Waals surface area contributed by atoms with Crippen LogP contribution in [0.1, 0.15) is 49.5 Å². The van der Waals surface area contributed by atoms with Gasteiger partial charge in [-0.1, -0.05) is 42.5 Å². The number of para-hydroxylation sites is 2. The van der Waals surface area contributed by atoms with Crippen molar-refractivity contribution in [1.82, 2.24) is 14.5 Å². The second kappa shape index (κ2) is 6.92. The van der Waals surface area contributed by atoms with E-state index in [1.54, 1.807) is 0 Å². The van der Waals surface area contributed by atoms with Crippen LogP contribution in [0.4, 0.5) is 0 Å². The van der Waals surface area contributed by atoms with E-state index in [1.165, 1.54) is 18.4 Å². The van der Waals surface area contributed by atoms with Crippen LogP contribution in [0.25, 0.3) is 11.0 Å². The summed E-state index contributed by atoms with van der Waals surface area (Å²) in [5, 5.41) is 10.1. The lowest BCUT2D eigenvalue weighted by molar-refractivity contribution is -0.140. The topological polar surface area (TPSA) is 58.4 Å². The van der Waals surface area contributed by atoms with Crippen LogP contribution in [-0.2, 0) is 10.2 Å². The van der Waals surface area contributed by atoms with Crippen molar-refractivity contribution in [1.29, 1.82) is 0 Å². The Morgan fingerprint density at radius 2 is 1.71 bits per heavy atom. The zero-order valence-corrected chi connectivity index (χ0v) is 17.9. The highest BCUT2D eigenvalue weighted by Crippen LogP contribution is 2.56. The first-order valence-corrected chi connectivity index (χ1v) is 11.6. The second-order valence-electron chi connectivity index (χ2n) is 9.77. The molecule has 1 aliphatic carbocycles. The number of hydrogen-bond donors (Lipinski definition) is 1. The number of carbonyl (C=O) groups is 1. The number of aromatic nitrogens is 2. The fraction of sp³-hybridized carbons (Fsp3) is 0.462. The number of benzene rings is 2. The van der Waals surface area contributed by atoms with Gasteiger partial charge in [0.25, 0.3) is 0 Å². The van der Waals surface area contributed by atoms with Crippen molar-refractivity contribution < 1.29 is 9.90 Å². The Balaban J connectivity index is 1.22. The quantitative estimate of drug-likeness (QED) is 0.664. The van der Waals surface area contributed by atoms with Crippen LogP contribution < -0.4 is 0 Å². The summed E-state index contributed by atoms with van der Waals surface area (Å²) >= 11 is 0. The molecule has 0 radical (unpaired) electrons. The predicted octanol–water partition coefficient (Wildman–Crippen LogP) is 4.56. The molecule has 2 bridgehead atoms. The molecular weight excluding hydrogens is 386 g/mol.